The number of carbonyl (C=O) groups excluding carboxylic acids is 3. The first-order valence-electron chi connectivity index (χ1n) is 18.3. The summed E-state index contributed by atoms with van der Waals surface area (Å²) in [7, 11) is 0. The number of hydrogen-bond acceptors (Lipinski definition) is 10. The molecule has 57 heavy (non-hydrogen) atoms. The summed E-state index contributed by atoms with van der Waals surface area (Å²) in [6.45, 7) is 3.32. The van der Waals surface area contributed by atoms with Crippen molar-refractivity contribution in [3.8, 4) is 5.88 Å². The van der Waals surface area contributed by atoms with Crippen LogP contribution in [-0.2, 0) is 30.2 Å². The van der Waals surface area contributed by atoms with Gasteiger partial charge >= 0.3 is 23.9 Å². The zero-order chi connectivity index (χ0) is 40.3. The number of rotatable bonds is 15. The predicted molar refractivity (Wildman–Crippen MR) is 205 cm³/mol. The molecule has 2 N–H and O–H groups in total. The summed E-state index contributed by atoms with van der Waals surface area (Å²) in [5.74, 6) is -3.42. The van der Waals surface area contributed by atoms with Gasteiger partial charge in [0.05, 0.1) is 23.1 Å². The van der Waals surface area contributed by atoms with Crippen LogP contribution in [0.15, 0.2) is 121 Å². The highest BCUT2D eigenvalue weighted by molar-refractivity contribution is 5.91. The maximum absolute atomic E-state index is 16.8. The number of ether oxygens (including phenoxy) is 5. The molecule has 5 aromatic rings. The molecule has 6 rings (SSSR count). The van der Waals surface area contributed by atoms with Crippen LogP contribution in [0.25, 0.3) is 6.08 Å². The van der Waals surface area contributed by atoms with Crippen LogP contribution in [-0.4, -0.2) is 76.6 Å². The number of aliphatic carboxylic acids is 1. The second-order valence-corrected chi connectivity index (χ2v) is 13.5. The minimum atomic E-state index is -2.16. The first-order valence-corrected chi connectivity index (χ1v) is 18.3. The van der Waals surface area contributed by atoms with Crippen molar-refractivity contribution in [2.24, 2.45) is 0 Å². The normalized spacial score (nSPS) is 19.2. The third kappa shape index (κ3) is 10.4. The molecule has 13 heteroatoms. The fourth-order valence-corrected chi connectivity index (χ4v) is 6.16. The van der Waals surface area contributed by atoms with Gasteiger partial charge in [0, 0.05) is 17.7 Å². The Bertz CT molecular complexity index is 2160. The Morgan fingerprint density at radius 1 is 0.789 bits per heavy atom. The standard InChI is InChI=1S/C44H41FN2O10/c1-27(2)37-33(25-29-23-21-28(22-24-29)13-12-20-35(48)49)40(47-46-37)57-44-39(56-43(52)32-18-10-5-11-19-32)38(55-42(51)31-16-8-4-9-17-31)36(45)34(54-44)26-53-41(50)30-14-6-3-7-15-30/h3-19,21-24,27,34,36,38-39,44H,20,25-26H2,1-2H3,(H,46,47)(H,48,49). The highest BCUT2D eigenvalue weighted by Crippen LogP contribution is 2.35. The van der Waals surface area contributed by atoms with Crippen LogP contribution >= 0.6 is 0 Å². The van der Waals surface area contributed by atoms with E-state index in [4.69, 9.17) is 28.8 Å². The average Bonchev–Trinajstić information content (AvgIpc) is 3.62. The van der Waals surface area contributed by atoms with Gasteiger partial charge in [0.25, 0.3) is 0 Å². The van der Waals surface area contributed by atoms with Crippen LogP contribution in [0, 0.1) is 0 Å². The van der Waals surface area contributed by atoms with Gasteiger partial charge in [0.1, 0.15) is 12.7 Å². The molecular weight excluding hydrogens is 735 g/mol. The fraction of sp³-hybridized carbons (Fsp3) is 0.250. The van der Waals surface area contributed by atoms with Gasteiger partial charge in [-0.05, 0) is 53.4 Å². The van der Waals surface area contributed by atoms with Gasteiger partial charge in [0.15, 0.2) is 12.3 Å². The number of H-pyrrole nitrogens is 1. The number of carboxylic acids is 1. The number of aromatic amines is 1. The van der Waals surface area contributed by atoms with Crippen LogP contribution in [0.5, 0.6) is 5.88 Å². The van der Waals surface area contributed by atoms with E-state index in [-0.39, 0.29) is 34.9 Å². The lowest BCUT2D eigenvalue weighted by Crippen LogP contribution is -2.61. The molecule has 4 aromatic carbocycles. The van der Waals surface area contributed by atoms with E-state index in [1.807, 2.05) is 38.1 Å². The Morgan fingerprint density at radius 3 is 1.88 bits per heavy atom. The minimum Gasteiger partial charge on any atom is -0.481 e. The smallest absolute Gasteiger partial charge is 0.338 e. The molecule has 0 radical (unpaired) electrons. The molecular formula is C44H41FN2O10. The van der Waals surface area contributed by atoms with E-state index in [0.29, 0.717) is 12.0 Å². The van der Waals surface area contributed by atoms with E-state index >= 15 is 4.39 Å². The maximum atomic E-state index is 16.8. The first kappa shape index (κ1) is 40.1. The van der Waals surface area contributed by atoms with E-state index in [2.05, 4.69) is 10.2 Å². The molecule has 1 saturated heterocycles. The number of halogens is 1. The maximum Gasteiger partial charge on any atom is 0.338 e. The van der Waals surface area contributed by atoms with Crippen LogP contribution in [0.4, 0.5) is 4.39 Å². The van der Waals surface area contributed by atoms with Crippen molar-refractivity contribution < 1.29 is 52.4 Å². The summed E-state index contributed by atoms with van der Waals surface area (Å²) in [4.78, 5) is 50.9. The van der Waals surface area contributed by atoms with Gasteiger partial charge < -0.3 is 28.8 Å². The number of carboxylic acid groups (broad SMARTS) is 1. The monoisotopic (exact) mass is 776 g/mol. The van der Waals surface area contributed by atoms with E-state index in [1.54, 1.807) is 78.9 Å². The van der Waals surface area contributed by atoms with Crippen LogP contribution < -0.4 is 4.74 Å². The fourth-order valence-electron chi connectivity index (χ4n) is 6.16. The molecule has 1 aliphatic heterocycles. The zero-order valence-electron chi connectivity index (χ0n) is 31.2. The third-order valence-corrected chi connectivity index (χ3v) is 9.09. The minimum absolute atomic E-state index is 0.0537. The Morgan fingerprint density at radius 2 is 1.33 bits per heavy atom. The lowest BCUT2D eigenvalue weighted by atomic mass is 9.98. The van der Waals surface area contributed by atoms with Gasteiger partial charge in [-0.3, -0.25) is 9.89 Å². The molecule has 0 amide bonds. The zero-order valence-corrected chi connectivity index (χ0v) is 31.2. The number of esters is 3. The topological polar surface area (TPSA) is 163 Å². The molecule has 5 unspecified atom stereocenters. The second-order valence-electron chi connectivity index (χ2n) is 13.5. The molecule has 0 aliphatic carbocycles. The molecule has 294 valence electrons. The second kappa shape index (κ2) is 18.8. The van der Waals surface area contributed by atoms with Gasteiger partial charge in [-0.1, -0.05) is 105 Å². The Kier molecular flexibility index (Phi) is 13.2. The number of aromatic nitrogens is 2. The van der Waals surface area contributed by atoms with Gasteiger partial charge in [-0.25, -0.2) is 18.8 Å². The Balaban J connectivity index is 1.34. The van der Waals surface area contributed by atoms with Gasteiger partial charge in [-0.15, -0.1) is 5.10 Å². The quantitative estimate of drug-likeness (QED) is 0.0807. The van der Waals surface area contributed by atoms with E-state index in [0.717, 1.165) is 16.8 Å². The number of hydrogen-bond donors (Lipinski definition) is 2. The van der Waals surface area contributed by atoms with Crippen molar-refractivity contribution >= 4 is 30.0 Å². The lowest BCUT2D eigenvalue weighted by Gasteiger charge is -2.41. The summed E-state index contributed by atoms with van der Waals surface area (Å²) in [6.07, 6.45) is -5.32. The molecule has 0 saturated carbocycles. The summed E-state index contributed by atoms with van der Waals surface area (Å²) in [6, 6.07) is 31.5. The molecule has 5 atom stereocenters. The van der Waals surface area contributed by atoms with Crippen LogP contribution in [0.1, 0.15) is 79.6 Å². The largest absolute Gasteiger partial charge is 0.481 e. The summed E-state index contributed by atoms with van der Waals surface area (Å²) < 4.78 is 46.5. The Labute approximate surface area is 328 Å². The number of alkyl halides is 1. The van der Waals surface area contributed by atoms with E-state index in [9.17, 15) is 19.2 Å². The van der Waals surface area contributed by atoms with Crippen molar-refractivity contribution in [2.45, 2.75) is 63.4 Å². The molecule has 2 heterocycles. The predicted octanol–water partition coefficient (Wildman–Crippen LogP) is 7.36. The van der Waals surface area contributed by atoms with Crippen LogP contribution in [0.3, 0.4) is 0 Å². The molecule has 1 aromatic heterocycles. The molecule has 1 aliphatic rings. The number of benzene rings is 4. The van der Waals surface area contributed by atoms with E-state index in [1.165, 1.54) is 24.3 Å². The van der Waals surface area contributed by atoms with Crippen molar-refractivity contribution in [1.82, 2.24) is 10.2 Å². The summed E-state index contributed by atoms with van der Waals surface area (Å²) >= 11 is 0. The number of carbonyl (C=O) groups is 4. The average molecular weight is 777 g/mol. The third-order valence-electron chi connectivity index (χ3n) is 9.09. The SMILES string of the molecule is CC(C)c1[nH]nc(OC2OC(COC(=O)c3ccccc3)C(F)C(OC(=O)c3ccccc3)C2OC(=O)c2ccccc2)c1Cc1ccc(C=CCC(=O)O)cc1. The van der Waals surface area contributed by atoms with E-state index < -0.39 is 61.3 Å². The summed E-state index contributed by atoms with van der Waals surface area (Å²) in [5.41, 5.74) is 3.51. The highest BCUT2D eigenvalue weighted by Gasteiger charge is 2.53. The molecule has 0 bridgehead atoms. The number of nitrogens with zero attached hydrogens (tertiary/aromatic N) is 1. The molecule has 12 nitrogen and oxygen atoms in total. The van der Waals surface area contributed by atoms with Crippen molar-refractivity contribution in [3.63, 3.8) is 0 Å². The molecule has 0 spiro atoms. The van der Waals surface area contributed by atoms with Crippen LogP contribution in [0.2, 0.25) is 0 Å². The van der Waals surface area contributed by atoms with Gasteiger partial charge in [0.2, 0.25) is 18.3 Å². The first-order chi connectivity index (χ1) is 27.6. The number of nitrogens with one attached hydrogen (secondary N) is 1. The Hall–Kier alpha value is -6.60. The van der Waals surface area contributed by atoms with Crippen molar-refractivity contribution in [2.75, 3.05) is 6.61 Å². The lowest BCUT2D eigenvalue weighted by molar-refractivity contribution is -0.264. The highest BCUT2D eigenvalue weighted by atomic mass is 19.1. The van der Waals surface area contributed by atoms with Gasteiger partial charge in [-0.2, -0.15) is 0 Å². The summed E-state index contributed by atoms with van der Waals surface area (Å²) in [5, 5.41) is 16.4. The van der Waals surface area contributed by atoms with Crippen molar-refractivity contribution in [3.05, 3.63) is 160 Å². The van der Waals surface area contributed by atoms with Crippen molar-refractivity contribution in [1.29, 1.82) is 0 Å². The molecule has 1 fully saturated rings.